The molecule has 25 heavy (non-hydrogen) atoms. The monoisotopic (exact) mass is 356 g/mol. The van der Waals surface area contributed by atoms with Gasteiger partial charge in [-0.05, 0) is 36.4 Å². The van der Waals surface area contributed by atoms with E-state index < -0.39 is 0 Å². The zero-order valence-corrected chi connectivity index (χ0v) is 14.4. The third-order valence-corrected chi connectivity index (χ3v) is 3.38. The van der Waals surface area contributed by atoms with Gasteiger partial charge in [-0.3, -0.25) is 9.59 Å². The van der Waals surface area contributed by atoms with Gasteiger partial charge < -0.3 is 15.4 Å². The number of amides is 2. The number of carbonyl (C=O) groups is 2. The summed E-state index contributed by atoms with van der Waals surface area (Å²) in [6.07, 6.45) is 0. The zero-order chi connectivity index (χ0) is 18.1. The lowest BCUT2D eigenvalue weighted by atomic mass is 10.2. The van der Waals surface area contributed by atoms with Gasteiger partial charge in [-0.2, -0.15) is 0 Å². The van der Waals surface area contributed by atoms with Crippen molar-refractivity contribution in [1.29, 1.82) is 0 Å². The smallest absolute Gasteiger partial charge is 0.252 e. The minimum Gasteiger partial charge on any atom is -0.479 e. The minimum atomic E-state index is -0.240. The van der Waals surface area contributed by atoms with Gasteiger partial charge in [0.2, 0.25) is 5.91 Å². The molecule has 2 rings (SSSR count). The van der Waals surface area contributed by atoms with E-state index >= 15 is 0 Å². The van der Waals surface area contributed by atoms with E-state index in [1.165, 1.54) is 6.92 Å². The third-order valence-electron chi connectivity index (χ3n) is 3.07. The Bertz CT molecular complexity index is 807. The van der Waals surface area contributed by atoms with Gasteiger partial charge in [0.1, 0.15) is 12.4 Å². The molecule has 0 unspecified atom stereocenters. The summed E-state index contributed by atoms with van der Waals surface area (Å²) in [5.41, 5.74) is 1.13. The van der Waals surface area contributed by atoms with Gasteiger partial charge in [-0.15, -0.1) is 0 Å². The van der Waals surface area contributed by atoms with Crippen LogP contribution in [0.1, 0.15) is 17.3 Å². The Morgan fingerprint density at radius 3 is 2.48 bits per heavy atom. The van der Waals surface area contributed by atoms with E-state index in [1.54, 1.807) is 36.4 Å². The molecule has 0 aliphatic rings. The van der Waals surface area contributed by atoms with Crippen molar-refractivity contribution in [3.63, 3.8) is 0 Å². The molecule has 0 heterocycles. The first kappa shape index (κ1) is 18.4. The van der Waals surface area contributed by atoms with Crippen molar-refractivity contribution in [3.05, 3.63) is 59.1 Å². The molecule has 0 aliphatic heterocycles. The summed E-state index contributed by atoms with van der Waals surface area (Å²) in [4.78, 5) is 22.9. The molecule has 0 saturated heterocycles. The van der Waals surface area contributed by atoms with E-state index in [-0.39, 0.29) is 25.0 Å². The highest BCUT2D eigenvalue weighted by atomic mass is 35.5. The molecule has 2 aromatic rings. The Morgan fingerprint density at radius 2 is 1.80 bits per heavy atom. The van der Waals surface area contributed by atoms with E-state index in [2.05, 4.69) is 22.5 Å². The first-order valence-electron chi connectivity index (χ1n) is 7.55. The summed E-state index contributed by atoms with van der Waals surface area (Å²) in [5, 5.41) is 5.85. The van der Waals surface area contributed by atoms with Gasteiger partial charge in [-0.1, -0.05) is 35.6 Å². The van der Waals surface area contributed by atoms with Gasteiger partial charge >= 0.3 is 0 Å². The summed E-state index contributed by atoms with van der Waals surface area (Å²) >= 11 is 5.96. The number of hydrogen-bond acceptors (Lipinski definition) is 3. The van der Waals surface area contributed by atoms with Crippen molar-refractivity contribution in [2.24, 2.45) is 0 Å². The molecule has 2 amide bonds. The molecular weight excluding hydrogens is 340 g/mol. The van der Waals surface area contributed by atoms with Crippen molar-refractivity contribution in [1.82, 2.24) is 5.32 Å². The van der Waals surface area contributed by atoms with Crippen LogP contribution in [-0.4, -0.2) is 25.0 Å². The molecule has 0 fully saturated rings. The fraction of sp³-hybridized carbons (Fsp3) is 0.158. The molecule has 5 nitrogen and oxygen atoms in total. The van der Waals surface area contributed by atoms with E-state index in [1.807, 2.05) is 12.1 Å². The quantitative estimate of drug-likeness (QED) is 0.809. The molecule has 128 valence electrons. The number of carbonyl (C=O) groups excluding carboxylic acids is 2. The summed E-state index contributed by atoms with van der Waals surface area (Å²) in [7, 11) is 0. The molecule has 6 heteroatoms. The maximum Gasteiger partial charge on any atom is 0.252 e. The fourth-order valence-corrected chi connectivity index (χ4v) is 2.11. The van der Waals surface area contributed by atoms with Crippen molar-refractivity contribution >= 4 is 29.1 Å². The van der Waals surface area contributed by atoms with Gasteiger partial charge in [-0.25, -0.2) is 0 Å². The summed E-state index contributed by atoms with van der Waals surface area (Å²) < 4.78 is 5.42. The van der Waals surface area contributed by atoms with Crippen LogP contribution in [0.3, 0.4) is 0 Å². The van der Waals surface area contributed by atoms with Crippen molar-refractivity contribution in [2.45, 2.75) is 6.92 Å². The first-order valence-corrected chi connectivity index (χ1v) is 7.93. The standard InChI is InChI=1S/C19H17ClN2O3/c1-14(23)22-16-10-8-15(9-11-16)19(24)21-12-4-5-13-25-18-7-3-2-6-17(18)20/h2-3,6-11H,12-13H2,1H3,(H,21,24)(H,22,23). The van der Waals surface area contributed by atoms with Crippen molar-refractivity contribution < 1.29 is 14.3 Å². The number of para-hydroxylation sites is 1. The average molecular weight is 357 g/mol. The van der Waals surface area contributed by atoms with Crippen LogP contribution >= 0.6 is 11.6 Å². The molecule has 0 bridgehead atoms. The molecule has 0 aliphatic carbocycles. The van der Waals surface area contributed by atoms with Crippen LogP contribution in [0.2, 0.25) is 5.02 Å². The largest absolute Gasteiger partial charge is 0.479 e. The van der Waals surface area contributed by atoms with Gasteiger partial charge in [0, 0.05) is 18.2 Å². The zero-order valence-electron chi connectivity index (χ0n) is 13.6. The highest BCUT2D eigenvalue weighted by Gasteiger charge is 2.04. The lowest BCUT2D eigenvalue weighted by Gasteiger charge is -2.04. The Morgan fingerprint density at radius 1 is 1.08 bits per heavy atom. The summed E-state index contributed by atoms with van der Waals surface area (Å²) in [6, 6.07) is 13.7. The molecule has 0 radical (unpaired) electrons. The van der Waals surface area contributed by atoms with E-state index in [0.29, 0.717) is 22.0 Å². The normalized spacial score (nSPS) is 9.52. The predicted molar refractivity (Wildman–Crippen MR) is 97.8 cm³/mol. The van der Waals surface area contributed by atoms with E-state index in [9.17, 15) is 9.59 Å². The number of nitrogens with one attached hydrogen (secondary N) is 2. The summed E-state index contributed by atoms with van der Waals surface area (Å²) in [6.45, 7) is 1.82. The number of hydrogen-bond donors (Lipinski definition) is 2. The lowest BCUT2D eigenvalue weighted by Crippen LogP contribution is -2.23. The highest BCUT2D eigenvalue weighted by molar-refractivity contribution is 6.32. The van der Waals surface area contributed by atoms with Crippen LogP contribution < -0.4 is 15.4 Å². The lowest BCUT2D eigenvalue weighted by molar-refractivity contribution is -0.114. The number of benzene rings is 2. The number of ether oxygens (including phenoxy) is 1. The molecule has 2 N–H and O–H groups in total. The Labute approximate surface area is 151 Å². The van der Waals surface area contributed by atoms with Crippen LogP contribution in [0.5, 0.6) is 5.75 Å². The highest BCUT2D eigenvalue weighted by Crippen LogP contribution is 2.22. The van der Waals surface area contributed by atoms with Gasteiger partial charge in [0.15, 0.2) is 0 Å². The minimum absolute atomic E-state index is 0.161. The van der Waals surface area contributed by atoms with E-state index in [4.69, 9.17) is 16.3 Å². The van der Waals surface area contributed by atoms with Crippen LogP contribution in [0.4, 0.5) is 5.69 Å². The molecule has 0 aromatic heterocycles. The Balaban J connectivity index is 1.75. The van der Waals surface area contributed by atoms with Crippen LogP contribution in [0.15, 0.2) is 48.5 Å². The maximum atomic E-state index is 12.0. The number of halogens is 1. The maximum absolute atomic E-state index is 12.0. The van der Waals surface area contributed by atoms with E-state index in [0.717, 1.165) is 0 Å². The second-order valence-corrected chi connectivity index (χ2v) is 5.42. The molecule has 0 spiro atoms. The van der Waals surface area contributed by atoms with Crippen LogP contribution in [-0.2, 0) is 4.79 Å². The molecule has 0 saturated carbocycles. The van der Waals surface area contributed by atoms with Crippen molar-refractivity contribution in [2.75, 3.05) is 18.5 Å². The van der Waals surface area contributed by atoms with Gasteiger partial charge in [0.05, 0.1) is 11.6 Å². The SMILES string of the molecule is CC(=O)Nc1ccc(C(=O)NCC#CCOc2ccccc2Cl)cc1. The first-order chi connectivity index (χ1) is 12.1. The topological polar surface area (TPSA) is 67.4 Å². The number of rotatable bonds is 5. The van der Waals surface area contributed by atoms with Crippen LogP contribution in [0, 0.1) is 11.8 Å². The van der Waals surface area contributed by atoms with Gasteiger partial charge in [0.25, 0.3) is 5.91 Å². The van der Waals surface area contributed by atoms with Crippen molar-refractivity contribution in [3.8, 4) is 17.6 Å². The van der Waals surface area contributed by atoms with Crippen LogP contribution in [0.25, 0.3) is 0 Å². The molecule has 0 atom stereocenters. The Hall–Kier alpha value is -2.97. The third kappa shape index (κ3) is 6.21. The second-order valence-electron chi connectivity index (χ2n) is 5.01. The Kier molecular flexibility index (Phi) is 6.87. The average Bonchev–Trinajstić information content (AvgIpc) is 2.59. The molecular formula is C19H17ClN2O3. The molecule has 2 aromatic carbocycles. The summed E-state index contributed by atoms with van der Waals surface area (Å²) in [5.74, 6) is 5.78. The fourth-order valence-electron chi connectivity index (χ4n) is 1.92. The number of anilines is 1. The second kappa shape index (κ2) is 9.36. The predicted octanol–water partition coefficient (Wildman–Crippen LogP) is 3.11.